The van der Waals surface area contributed by atoms with Gasteiger partial charge in [-0.15, -0.1) is 0 Å². The molecular weight excluding hydrogens is 328 g/mol. The molecular formula is C21H18N2O3. The van der Waals surface area contributed by atoms with Crippen molar-refractivity contribution in [1.82, 2.24) is 10.3 Å². The number of aliphatic carboxylic acids is 1. The van der Waals surface area contributed by atoms with Crippen LogP contribution in [0.25, 0.3) is 0 Å². The van der Waals surface area contributed by atoms with Gasteiger partial charge in [0.1, 0.15) is 6.04 Å². The zero-order valence-electron chi connectivity index (χ0n) is 13.9. The summed E-state index contributed by atoms with van der Waals surface area (Å²) in [6, 6.07) is 20.7. The van der Waals surface area contributed by atoms with E-state index in [0.29, 0.717) is 5.56 Å². The van der Waals surface area contributed by atoms with E-state index >= 15 is 0 Å². The van der Waals surface area contributed by atoms with Crippen molar-refractivity contribution >= 4 is 11.9 Å². The maximum atomic E-state index is 12.5. The van der Waals surface area contributed by atoms with Gasteiger partial charge in [-0.25, -0.2) is 4.79 Å². The van der Waals surface area contributed by atoms with Gasteiger partial charge in [-0.3, -0.25) is 9.78 Å². The average molecular weight is 346 g/mol. The van der Waals surface area contributed by atoms with Gasteiger partial charge < -0.3 is 10.4 Å². The number of rotatable bonds is 6. The Morgan fingerprint density at radius 3 is 1.88 bits per heavy atom. The molecule has 0 aliphatic rings. The lowest BCUT2D eigenvalue weighted by molar-refractivity contribution is -0.139. The van der Waals surface area contributed by atoms with Crippen LogP contribution in [0.5, 0.6) is 0 Å². The van der Waals surface area contributed by atoms with Crippen LogP contribution in [-0.2, 0) is 4.79 Å². The molecule has 130 valence electrons. The Balaban J connectivity index is 1.99. The molecule has 0 fully saturated rings. The minimum Gasteiger partial charge on any atom is -0.480 e. The summed E-state index contributed by atoms with van der Waals surface area (Å²) < 4.78 is 0. The van der Waals surface area contributed by atoms with Crippen molar-refractivity contribution in [1.29, 1.82) is 0 Å². The molecule has 26 heavy (non-hydrogen) atoms. The van der Waals surface area contributed by atoms with Gasteiger partial charge in [-0.2, -0.15) is 0 Å². The highest BCUT2D eigenvalue weighted by molar-refractivity contribution is 5.96. The minimum absolute atomic E-state index is 0.318. The van der Waals surface area contributed by atoms with Crippen LogP contribution in [0.3, 0.4) is 0 Å². The summed E-state index contributed by atoms with van der Waals surface area (Å²) in [5.41, 5.74) is 1.95. The monoisotopic (exact) mass is 346 g/mol. The molecule has 0 saturated carbocycles. The van der Waals surface area contributed by atoms with E-state index in [1.54, 1.807) is 18.3 Å². The van der Waals surface area contributed by atoms with Gasteiger partial charge in [-0.1, -0.05) is 60.7 Å². The summed E-state index contributed by atoms with van der Waals surface area (Å²) in [5.74, 6) is -2.09. The molecule has 0 aliphatic heterocycles. The molecule has 2 N–H and O–H groups in total. The van der Waals surface area contributed by atoms with E-state index in [1.807, 2.05) is 60.7 Å². The van der Waals surface area contributed by atoms with Crippen molar-refractivity contribution in [2.45, 2.75) is 12.0 Å². The Morgan fingerprint density at radius 1 is 0.846 bits per heavy atom. The predicted molar refractivity (Wildman–Crippen MR) is 97.9 cm³/mol. The summed E-state index contributed by atoms with van der Waals surface area (Å²) in [6.45, 7) is 0. The van der Waals surface area contributed by atoms with Gasteiger partial charge in [-0.05, 0) is 23.3 Å². The molecule has 5 heteroatoms. The van der Waals surface area contributed by atoms with Crippen molar-refractivity contribution < 1.29 is 14.7 Å². The zero-order valence-corrected chi connectivity index (χ0v) is 13.9. The Kier molecular flexibility index (Phi) is 5.39. The number of carbonyl (C=O) groups excluding carboxylic acids is 1. The third kappa shape index (κ3) is 3.95. The molecule has 3 rings (SSSR count). The molecule has 5 nitrogen and oxygen atoms in total. The Labute approximate surface area is 151 Å². The summed E-state index contributed by atoms with van der Waals surface area (Å²) in [7, 11) is 0. The normalized spacial score (nSPS) is 11.7. The van der Waals surface area contributed by atoms with Gasteiger partial charge in [0.15, 0.2) is 0 Å². The molecule has 1 heterocycles. The van der Waals surface area contributed by atoms with E-state index in [9.17, 15) is 14.7 Å². The highest BCUT2D eigenvalue weighted by Gasteiger charge is 2.32. The topological polar surface area (TPSA) is 79.3 Å². The second-order valence-corrected chi connectivity index (χ2v) is 5.83. The SMILES string of the molecule is O=C(N[C@@H](C(=O)O)C(c1ccccc1)c1ccccc1)c1cccnc1. The lowest BCUT2D eigenvalue weighted by Crippen LogP contribution is -2.45. The van der Waals surface area contributed by atoms with Crippen LogP contribution in [0.1, 0.15) is 27.4 Å². The first kappa shape index (κ1) is 17.4. The molecule has 0 saturated heterocycles. The number of carboxylic acids is 1. The first-order chi connectivity index (χ1) is 12.7. The molecule has 1 amide bonds. The number of nitrogens with one attached hydrogen (secondary N) is 1. The number of nitrogens with zero attached hydrogens (tertiary/aromatic N) is 1. The second kappa shape index (κ2) is 8.07. The lowest BCUT2D eigenvalue weighted by Gasteiger charge is -2.26. The van der Waals surface area contributed by atoms with Crippen LogP contribution >= 0.6 is 0 Å². The van der Waals surface area contributed by atoms with E-state index < -0.39 is 23.8 Å². The van der Waals surface area contributed by atoms with Crippen molar-refractivity contribution in [2.24, 2.45) is 0 Å². The van der Waals surface area contributed by atoms with Gasteiger partial charge in [0.2, 0.25) is 0 Å². The van der Waals surface area contributed by atoms with Crippen molar-refractivity contribution in [3.63, 3.8) is 0 Å². The van der Waals surface area contributed by atoms with Gasteiger partial charge >= 0.3 is 5.97 Å². The number of carboxylic acid groups (broad SMARTS) is 1. The van der Waals surface area contributed by atoms with E-state index in [-0.39, 0.29) is 0 Å². The summed E-state index contributed by atoms with van der Waals surface area (Å²) in [6.07, 6.45) is 2.97. The first-order valence-corrected chi connectivity index (χ1v) is 8.20. The van der Waals surface area contributed by atoms with Gasteiger partial charge in [0, 0.05) is 18.3 Å². The van der Waals surface area contributed by atoms with Gasteiger partial charge in [0.25, 0.3) is 5.91 Å². The lowest BCUT2D eigenvalue weighted by atomic mass is 9.85. The number of pyridine rings is 1. The van der Waals surface area contributed by atoms with Crippen molar-refractivity contribution in [3.8, 4) is 0 Å². The summed E-state index contributed by atoms with van der Waals surface area (Å²) >= 11 is 0. The zero-order chi connectivity index (χ0) is 18.4. The third-order valence-electron chi connectivity index (χ3n) is 4.13. The molecule has 1 atom stereocenters. The fourth-order valence-corrected chi connectivity index (χ4v) is 2.91. The van der Waals surface area contributed by atoms with Crippen LogP contribution in [0.4, 0.5) is 0 Å². The Bertz CT molecular complexity index is 828. The summed E-state index contributed by atoms with van der Waals surface area (Å²) in [5, 5.41) is 12.5. The average Bonchev–Trinajstić information content (AvgIpc) is 2.69. The predicted octanol–water partition coefficient (Wildman–Crippen LogP) is 3.10. The van der Waals surface area contributed by atoms with Crippen LogP contribution in [0.2, 0.25) is 0 Å². The molecule has 0 spiro atoms. The number of benzene rings is 2. The van der Waals surface area contributed by atoms with E-state index in [1.165, 1.54) is 6.20 Å². The fourth-order valence-electron chi connectivity index (χ4n) is 2.91. The number of carbonyl (C=O) groups is 2. The number of amides is 1. The highest BCUT2D eigenvalue weighted by atomic mass is 16.4. The molecule has 0 unspecified atom stereocenters. The van der Waals surface area contributed by atoms with Gasteiger partial charge in [0.05, 0.1) is 5.56 Å². The number of hydrogen-bond acceptors (Lipinski definition) is 3. The Morgan fingerprint density at radius 2 is 1.42 bits per heavy atom. The maximum Gasteiger partial charge on any atom is 0.327 e. The number of hydrogen-bond donors (Lipinski definition) is 2. The smallest absolute Gasteiger partial charge is 0.327 e. The Hall–Kier alpha value is -3.47. The highest BCUT2D eigenvalue weighted by Crippen LogP contribution is 2.28. The second-order valence-electron chi connectivity index (χ2n) is 5.83. The van der Waals surface area contributed by atoms with Crippen molar-refractivity contribution in [3.05, 3.63) is 102 Å². The molecule has 3 aromatic rings. The summed E-state index contributed by atoms with van der Waals surface area (Å²) in [4.78, 5) is 28.4. The molecule has 2 aromatic carbocycles. The molecule has 1 aromatic heterocycles. The van der Waals surface area contributed by atoms with Crippen LogP contribution in [-0.4, -0.2) is 28.0 Å². The van der Waals surface area contributed by atoms with Crippen molar-refractivity contribution in [2.75, 3.05) is 0 Å². The quantitative estimate of drug-likeness (QED) is 0.719. The van der Waals surface area contributed by atoms with E-state index in [4.69, 9.17) is 0 Å². The standard InChI is InChI=1S/C21H18N2O3/c24-20(17-12-7-13-22-14-17)23-19(21(25)26)18(15-8-3-1-4-9-15)16-10-5-2-6-11-16/h1-14,18-19H,(H,23,24)(H,25,26)/t19-/m1/s1. The minimum atomic E-state index is -1.12. The third-order valence-corrected chi connectivity index (χ3v) is 4.13. The number of aromatic nitrogens is 1. The maximum absolute atomic E-state index is 12.5. The largest absolute Gasteiger partial charge is 0.480 e. The molecule has 0 radical (unpaired) electrons. The first-order valence-electron chi connectivity index (χ1n) is 8.20. The van der Waals surface area contributed by atoms with Crippen LogP contribution in [0.15, 0.2) is 85.2 Å². The van der Waals surface area contributed by atoms with Crippen LogP contribution in [0, 0.1) is 0 Å². The molecule has 0 aliphatic carbocycles. The van der Waals surface area contributed by atoms with E-state index in [0.717, 1.165) is 11.1 Å². The van der Waals surface area contributed by atoms with Crippen LogP contribution < -0.4 is 5.32 Å². The fraction of sp³-hybridized carbons (Fsp3) is 0.0952. The van der Waals surface area contributed by atoms with E-state index in [2.05, 4.69) is 10.3 Å². The molecule has 0 bridgehead atoms.